The van der Waals surface area contributed by atoms with Gasteiger partial charge in [0.1, 0.15) is 5.75 Å². The second kappa shape index (κ2) is 10.5. The van der Waals surface area contributed by atoms with Crippen LogP contribution in [0.4, 0.5) is 17.6 Å². The van der Waals surface area contributed by atoms with E-state index in [1.54, 1.807) is 12.1 Å². The van der Waals surface area contributed by atoms with Gasteiger partial charge in [-0.1, -0.05) is 44.7 Å². The molecule has 0 bridgehead atoms. The van der Waals surface area contributed by atoms with E-state index in [-0.39, 0.29) is 5.75 Å². The van der Waals surface area contributed by atoms with Crippen molar-refractivity contribution in [3.8, 4) is 5.75 Å². The summed E-state index contributed by atoms with van der Waals surface area (Å²) < 4.78 is 60.0. The lowest BCUT2D eigenvalue weighted by molar-refractivity contribution is -0.185. The number of hydrogen-bond acceptors (Lipinski definition) is 1. The number of hydrogen-bond donors (Lipinski definition) is 0. The van der Waals surface area contributed by atoms with Gasteiger partial charge < -0.3 is 4.74 Å². The molecule has 2 fully saturated rings. The summed E-state index contributed by atoms with van der Waals surface area (Å²) >= 11 is 0. The van der Waals surface area contributed by atoms with Crippen molar-refractivity contribution in [2.75, 3.05) is 0 Å². The molecule has 0 unspecified atom stereocenters. The summed E-state index contributed by atoms with van der Waals surface area (Å²) in [4.78, 5) is 0. The highest BCUT2D eigenvalue weighted by Crippen LogP contribution is 2.44. The molecule has 0 spiro atoms. The van der Waals surface area contributed by atoms with Gasteiger partial charge in [-0.15, -0.1) is 0 Å². The van der Waals surface area contributed by atoms with Crippen molar-refractivity contribution in [1.29, 1.82) is 0 Å². The monoisotopic (exact) mass is 462 g/mol. The summed E-state index contributed by atoms with van der Waals surface area (Å²) in [6.07, 6.45) is 9.29. The van der Waals surface area contributed by atoms with Gasteiger partial charge in [-0.25, -0.2) is 8.78 Å². The third kappa shape index (κ3) is 5.91. The summed E-state index contributed by atoms with van der Waals surface area (Å²) in [5.41, 5.74) is 0.441. The van der Waals surface area contributed by atoms with E-state index < -0.39 is 23.3 Å². The molecule has 0 heterocycles. The Morgan fingerprint density at radius 1 is 0.788 bits per heavy atom. The van der Waals surface area contributed by atoms with Gasteiger partial charge in [0.15, 0.2) is 11.6 Å². The fraction of sp³-hybridized carbons (Fsp3) is 0.571. The zero-order valence-corrected chi connectivity index (χ0v) is 19.3. The predicted molar refractivity (Wildman–Crippen MR) is 122 cm³/mol. The second-order valence-corrected chi connectivity index (χ2v) is 10.00. The van der Waals surface area contributed by atoms with Crippen LogP contribution in [-0.2, 0) is 6.11 Å². The molecule has 2 aromatic carbocycles. The van der Waals surface area contributed by atoms with Crippen LogP contribution in [0.2, 0.25) is 0 Å². The third-order valence-corrected chi connectivity index (χ3v) is 7.88. The van der Waals surface area contributed by atoms with Crippen molar-refractivity contribution in [1.82, 2.24) is 0 Å². The van der Waals surface area contributed by atoms with Crippen molar-refractivity contribution in [2.24, 2.45) is 17.8 Å². The lowest BCUT2D eigenvalue weighted by Gasteiger charge is -2.38. The van der Waals surface area contributed by atoms with E-state index in [4.69, 9.17) is 4.74 Å². The van der Waals surface area contributed by atoms with Gasteiger partial charge in [0.25, 0.3) is 0 Å². The molecular weight excluding hydrogens is 428 g/mol. The largest absolute Gasteiger partial charge is 0.429 e. The van der Waals surface area contributed by atoms with E-state index in [1.165, 1.54) is 51.4 Å². The standard InChI is InChI=1S/C28H34F4O/c1-2-3-19-4-6-20(7-5-19)21-8-10-22(11-9-21)23-12-15-25(16-13-23)33-28(31,32)24-14-17-26(29)27(30)18-24/h12-22H,2-11H2,1H3. The van der Waals surface area contributed by atoms with Gasteiger partial charge in [0.05, 0.1) is 5.56 Å². The van der Waals surface area contributed by atoms with Crippen LogP contribution in [0.25, 0.3) is 0 Å². The van der Waals surface area contributed by atoms with E-state index in [9.17, 15) is 17.6 Å². The van der Waals surface area contributed by atoms with Crippen LogP contribution in [0, 0.1) is 29.4 Å². The smallest absolute Gasteiger partial charge is 0.426 e. The van der Waals surface area contributed by atoms with E-state index >= 15 is 0 Å². The minimum atomic E-state index is -3.75. The quantitative estimate of drug-likeness (QED) is 0.373. The molecule has 0 amide bonds. The van der Waals surface area contributed by atoms with Gasteiger partial charge >= 0.3 is 6.11 Å². The number of alkyl halides is 2. The van der Waals surface area contributed by atoms with Gasteiger partial charge in [-0.3, -0.25) is 0 Å². The van der Waals surface area contributed by atoms with E-state index in [0.717, 1.165) is 42.2 Å². The second-order valence-electron chi connectivity index (χ2n) is 10.00. The minimum Gasteiger partial charge on any atom is -0.429 e. The molecular formula is C28H34F4O. The molecule has 0 N–H and O–H groups in total. The van der Waals surface area contributed by atoms with Crippen molar-refractivity contribution in [3.63, 3.8) is 0 Å². The molecule has 0 saturated heterocycles. The molecule has 33 heavy (non-hydrogen) atoms. The van der Waals surface area contributed by atoms with Crippen LogP contribution in [0.3, 0.4) is 0 Å². The van der Waals surface area contributed by atoms with Crippen LogP contribution >= 0.6 is 0 Å². The molecule has 0 aromatic heterocycles. The molecule has 2 saturated carbocycles. The summed E-state index contributed by atoms with van der Waals surface area (Å²) in [5.74, 6) is 0.630. The molecule has 5 heteroatoms. The maximum Gasteiger partial charge on any atom is 0.426 e. The summed E-state index contributed by atoms with van der Waals surface area (Å²) in [6, 6.07) is 8.79. The Hall–Kier alpha value is -2.04. The first-order valence-electron chi connectivity index (χ1n) is 12.5. The van der Waals surface area contributed by atoms with Crippen LogP contribution in [0.1, 0.15) is 88.2 Å². The van der Waals surface area contributed by atoms with E-state index in [0.29, 0.717) is 18.1 Å². The van der Waals surface area contributed by atoms with Crippen LogP contribution in [-0.4, -0.2) is 0 Å². The van der Waals surface area contributed by atoms with Crippen LogP contribution in [0.5, 0.6) is 5.75 Å². The van der Waals surface area contributed by atoms with Crippen LogP contribution < -0.4 is 4.74 Å². The topological polar surface area (TPSA) is 9.23 Å². The molecule has 2 aromatic rings. The highest BCUT2D eigenvalue weighted by molar-refractivity contribution is 5.31. The average Bonchev–Trinajstić information content (AvgIpc) is 2.82. The molecule has 2 aliphatic carbocycles. The SMILES string of the molecule is CCCC1CCC(C2CCC(c3ccc(OC(F)(F)c4ccc(F)c(F)c4)cc3)CC2)CC1. The van der Waals surface area contributed by atoms with Crippen molar-refractivity contribution >= 4 is 0 Å². The molecule has 180 valence electrons. The summed E-state index contributed by atoms with van der Waals surface area (Å²) in [7, 11) is 0. The zero-order chi connectivity index (χ0) is 23.4. The van der Waals surface area contributed by atoms with Crippen molar-refractivity contribution in [3.05, 3.63) is 65.2 Å². The number of halogens is 4. The van der Waals surface area contributed by atoms with Gasteiger partial charge in [-0.2, -0.15) is 8.78 Å². The summed E-state index contributed by atoms with van der Waals surface area (Å²) in [5, 5.41) is 0. The molecule has 0 radical (unpaired) electrons. The Balaban J connectivity index is 1.29. The minimum absolute atomic E-state index is 0.00556. The molecule has 2 aliphatic rings. The fourth-order valence-electron chi connectivity index (χ4n) is 5.97. The first-order chi connectivity index (χ1) is 15.9. The predicted octanol–water partition coefficient (Wildman–Crippen LogP) is 8.97. The van der Waals surface area contributed by atoms with Gasteiger partial charge in [0.2, 0.25) is 0 Å². The fourth-order valence-corrected chi connectivity index (χ4v) is 5.97. The molecule has 4 rings (SSSR count). The zero-order valence-electron chi connectivity index (χ0n) is 19.3. The molecule has 0 atom stereocenters. The molecule has 0 aliphatic heterocycles. The lowest BCUT2D eigenvalue weighted by Crippen LogP contribution is -2.25. The van der Waals surface area contributed by atoms with Gasteiger partial charge in [-0.05, 0) is 98.1 Å². The van der Waals surface area contributed by atoms with E-state index in [2.05, 4.69) is 6.92 Å². The maximum absolute atomic E-state index is 14.4. The Morgan fingerprint density at radius 3 is 1.97 bits per heavy atom. The third-order valence-electron chi connectivity index (χ3n) is 7.88. The first kappa shape index (κ1) is 24.1. The normalized spacial score (nSPS) is 26.2. The lowest BCUT2D eigenvalue weighted by atomic mass is 9.68. The Bertz CT molecular complexity index is 895. The highest BCUT2D eigenvalue weighted by Gasteiger charge is 2.36. The average molecular weight is 463 g/mol. The highest BCUT2D eigenvalue weighted by atomic mass is 19.3. The Morgan fingerprint density at radius 2 is 1.39 bits per heavy atom. The number of ether oxygens (including phenoxy) is 1. The molecule has 1 nitrogen and oxygen atoms in total. The van der Waals surface area contributed by atoms with Crippen LogP contribution in [0.15, 0.2) is 42.5 Å². The first-order valence-corrected chi connectivity index (χ1v) is 12.5. The van der Waals surface area contributed by atoms with E-state index in [1.807, 2.05) is 12.1 Å². The van der Waals surface area contributed by atoms with Crippen molar-refractivity contribution in [2.45, 2.75) is 83.2 Å². The number of benzene rings is 2. The van der Waals surface area contributed by atoms with Crippen molar-refractivity contribution < 1.29 is 22.3 Å². The Labute approximate surface area is 194 Å². The van der Waals surface area contributed by atoms with Gasteiger partial charge in [0, 0.05) is 0 Å². The Kier molecular flexibility index (Phi) is 7.65. The maximum atomic E-state index is 14.4. The number of rotatable bonds is 7. The summed E-state index contributed by atoms with van der Waals surface area (Å²) in [6.45, 7) is 2.28.